The van der Waals surface area contributed by atoms with Crippen molar-refractivity contribution >= 4 is 0 Å². The van der Waals surface area contributed by atoms with E-state index in [1.807, 2.05) is 103 Å². The first kappa shape index (κ1) is 26.2. The minimum Gasteiger partial charge on any atom is -0.0622 e. The Balaban J connectivity index is 1.56. The van der Waals surface area contributed by atoms with E-state index >= 15 is 0 Å². The van der Waals surface area contributed by atoms with Gasteiger partial charge in [-0.25, -0.2) is 0 Å². The molecule has 0 fully saturated rings. The van der Waals surface area contributed by atoms with Crippen molar-refractivity contribution < 1.29 is 0 Å². The van der Waals surface area contributed by atoms with Crippen molar-refractivity contribution in [2.75, 3.05) is 0 Å². The van der Waals surface area contributed by atoms with Gasteiger partial charge in [-0.2, -0.15) is 0 Å². The maximum Gasteiger partial charge on any atom is 0.0334 e. The van der Waals surface area contributed by atoms with Crippen molar-refractivity contribution in [2.45, 2.75) is 0 Å². The van der Waals surface area contributed by atoms with Crippen LogP contribution in [0.5, 0.6) is 0 Å². The van der Waals surface area contributed by atoms with Gasteiger partial charge in [-0.3, -0.25) is 0 Å². The lowest BCUT2D eigenvalue weighted by atomic mass is 9.86. The molecule has 0 aliphatic carbocycles. The Bertz CT molecular complexity index is 2020. The average molecular weight is 531 g/mol. The van der Waals surface area contributed by atoms with E-state index < -0.39 is 0 Å². The van der Waals surface area contributed by atoms with Crippen LogP contribution in [0.2, 0.25) is 0 Å². The second-order valence-corrected chi connectivity index (χ2v) is 9.67. The maximum atomic E-state index is 3.48. The van der Waals surface area contributed by atoms with Crippen LogP contribution in [0.4, 0.5) is 0 Å². The Morgan fingerprint density at radius 3 is 1.12 bits per heavy atom. The predicted octanol–water partition coefficient (Wildman–Crippen LogP) is 9.22. The summed E-state index contributed by atoms with van der Waals surface area (Å²) in [5, 5.41) is 0. The fourth-order valence-corrected chi connectivity index (χ4v) is 4.79. The molecule has 0 amide bonds. The van der Waals surface area contributed by atoms with Crippen molar-refractivity contribution in [3.63, 3.8) is 0 Å². The lowest BCUT2D eigenvalue weighted by Gasteiger charge is -2.16. The second kappa shape index (κ2) is 12.9. The molecule has 0 heteroatoms. The smallest absolute Gasteiger partial charge is 0.0334 e. The highest BCUT2D eigenvalue weighted by atomic mass is 14.2. The van der Waals surface area contributed by atoms with E-state index in [-0.39, 0.29) is 0 Å². The van der Waals surface area contributed by atoms with Gasteiger partial charge in [0.1, 0.15) is 0 Å². The molecule has 0 spiro atoms. The summed E-state index contributed by atoms with van der Waals surface area (Å²) in [5.74, 6) is 20.4. The second-order valence-electron chi connectivity index (χ2n) is 9.67. The molecule has 42 heavy (non-hydrogen) atoms. The SMILES string of the molecule is C(#Cc1ccccc1-c1cccc(C#Cc2ccccc2)c1-c1ccccc1C#Cc1ccccc1)c1ccccc1. The van der Waals surface area contributed by atoms with Crippen LogP contribution in [0, 0.1) is 35.5 Å². The molecule has 0 aliphatic heterocycles. The zero-order valence-electron chi connectivity index (χ0n) is 23.0. The Morgan fingerprint density at radius 2 is 0.595 bits per heavy atom. The fourth-order valence-electron chi connectivity index (χ4n) is 4.79. The number of benzene rings is 6. The third kappa shape index (κ3) is 6.24. The van der Waals surface area contributed by atoms with Gasteiger partial charge in [0, 0.05) is 38.9 Å². The molecule has 6 aromatic carbocycles. The van der Waals surface area contributed by atoms with Gasteiger partial charge >= 0.3 is 0 Å². The van der Waals surface area contributed by atoms with E-state index in [9.17, 15) is 0 Å². The van der Waals surface area contributed by atoms with Crippen LogP contribution < -0.4 is 0 Å². The van der Waals surface area contributed by atoms with Crippen LogP contribution in [0.1, 0.15) is 33.4 Å². The van der Waals surface area contributed by atoms with Gasteiger partial charge in [0.2, 0.25) is 0 Å². The lowest BCUT2D eigenvalue weighted by Crippen LogP contribution is -1.95. The molecule has 194 valence electrons. The molecule has 0 unspecified atom stereocenters. The van der Waals surface area contributed by atoms with Crippen LogP contribution in [-0.4, -0.2) is 0 Å². The number of hydrogen-bond acceptors (Lipinski definition) is 0. The van der Waals surface area contributed by atoms with Gasteiger partial charge in [0.25, 0.3) is 0 Å². The molecule has 6 aromatic rings. The van der Waals surface area contributed by atoms with Crippen LogP contribution in [-0.2, 0) is 0 Å². The Labute approximate surface area is 248 Å². The molecule has 0 bridgehead atoms. The van der Waals surface area contributed by atoms with Crippen molar-refractivity contribution in [2.24, 2.45) is 0 Å². The van der Waals surface area contributed by atoms with Crippen LogP contribution in [0.15, 0.2) is 158 Å². The molecule has 0 saturated heterocycles. The van der Waals surface area contributed by atoms with Crippen molar-refractivity contribution in [1.29, 1.82) is 0 Å². The molecular weight excluding hydrogens is 504 g/mol. The molecule has 0 N–H and O–H groups in total. The van der Waals surface area contributed by atoms with Gasteiger partial charge < -0.3 is 0 Å². The van der Waals surface area contributed by atoms with E-state index in [1.54, 1.807) is 0 Å². The molecule has 0 nitrogen and oxygen atoms in total. The zero-order chi connectivity index (χ0) is 28.4. The predicted molar refractivity (Wildman–Crippen MR) is 175 cm³/mol. The topological polar surface area (TPSA) is 0 Å². The van der Waals surface area contributed by atoms with Crippen molar-refractivity contribution in [1.82, 2.24) is 0 Å². The summed E-state index contributed by atoms with van der Waals surface area (Å²) in [4.78, 5) is 0. The highest BCUT2D eigenvalue weighted by Crippen LogP contribution is 2.38. The summed E-state index contributed by atoms with van der Waals surface area (Å²) in [7, 11) is 0. The monoisotopic (exact) mass is 530 g/mol. The van der Waals surface area contributed by atoms with E-state index in [2.05, 4.69) is 90.1 Å². The quantitative estimate of drug-likeness (QED) is 0.196. The minimum absolute atomic E-state index is 0.941. The molecule has 0 atom stereocenters. The Morgan fingerprint density at radius 1 is 0.238 bits per heavy atom. The summed E-state index contributed by atoms with van der Waals surface area (Å²) < 4.78 is 0. The van der Waals surface area contributed by atoms with E-state index in [4.69, 9.17) is 0 Å². The Kier molecular flexibility index (Phi) is 8.06. The van der Waals surface area contributed by atoms with Gasteiger partial charge in [-0.05, 0) is 71.3 Å². The van der Waals surface area contributed by atoms with Crippen LogP contribution in [0.25, 0.3) is 22.3 Å². The number of hydrogen-bond donors (Lipinski definition) is 0. The first-order valence-electron chi connectivity index (χ1n) is 13.9. The molecular formula is C42H26. The van der Waals surface area contributed by atoms with Gasteiger partial charge in [0.05, 0.1) is 0 Å². The summed E-state index contributed by atoms with van der Waals surface area (Å²) >= 11 is 0. The van der Waals surface area contributed by atoms with Gasteiger partial charge in [0.15, 0.2) is 0 Å². The van der Waals surface area contributed by atoms with Crippen LogP contribution >= 0.6 is 0 Å². The average Bonchev–Trinajstić information content (AvgIpc) is 3.07. The van der Waals surface area contributed by atoms with E-state index in [0.717, 1.165) is 55.6 Å². The first-order valence-corrected chi connectivity index (χ1v) is 13.9. The zero-order valence-corrected chi connectivity index (χ0v) is 23.0. The van der Waals surface area contributed by atoms with Gasteiger partial charge in [-0.1, -0.05) is 139 Å². The lowest BCUT2D eigenvalue weighted by molar-refractivity contribution is 1.52. The highest BCUT2D eigenvalue weighted by Gasteiger charge is 2.16. The molecule has 0 aromatic heterocycles. The first-order chi connectivity index (χ1) is 20.8. The van der Waals surface area contributed by atoms with E-state index in [1.165, 1.54) is 0 Å². The standard InChI is InChI=1S/C42H26/c1-4-15-33(16-5-1)27-30-36-21-10-12-24-39(36)41-26-14-23-38(32-29-35-19-8-3-9-20-35)42(41)40-25-13-11-22-37(40)31-28-34-17-6-2-7-18-34/h1-26H. The molecule has 0 saturated carbocycles. The normalized spacial score (nSPS) is 9.81. The summed E-state index contributed by atoms with van der Waals surface area (Å²) in [6.07, 6.45) is 0. The highest BCUT2D eigenvalue weighted by molar-refractivity contribution is 5.92. The largest absolute Gasteiger partial charge is 0.0622 e. The third-order valence-electron chi connectivity index (χ3n) is 6.82. The molecule has 0 aliphatic rings. The summed E-state index contributed by atoms with van der Waals surface area (Å²) in [6.45, 7) is 0. The molecule has 6 rings (SSSR count). The minimum atomic E-state index is 0.941. The summed E-state index contributed by atoms with van der Waals surface area (Å²) in [6, 6.07) is 53.2. The fraction of sp³-hybridized carbons (Fsp3) is 0. The molecule has 0 heterocycles. The third-order valence-corrected chi connectivity index (χ3v) is 6.82. The number of rotatable bonds is 2. The Hall–Kier alpha value is -6.00. The van der Waals surface area contributed by atoms with Crippen LogP contribution in [0.3, 0.4) is 0 Å². The summed E-state index contributed by atoms with van der Waals surface area (Å²) in [5.41, 5.74) is 10.0. The van der Waals surface area contributed by atoms with Crippen molar-refractivity contribution in [3.8, 4) is 57.8 Å². The maximum absolute atomic E-state index is 3.48. The van der Waals surface area contributed by atoms with E-state index in [0.29, 0.717) is 0 Å². The van der Waals surface area contributed by atoms with Crippen molar-refractivity contribution in [3.05, 3.63) is 191 Å². The molecule has 0 radical (unpaired) electrons. The van der Waals surface area contributed by atoms with Gasteiger partial charge in [-0.15, -0.1) is 0 Å².